The number of aromatic amines is 1. The summed E-state index contributed by atoms with van der Waals surface area (Å²) in [6, 6.07) is 13.7. The third-order valence-electron chi connectivity index (χ3n) is 4.38. The van der Waals surface area contributed by atoms with Crippen LogP contribution in [0, 0.1) is 0 Å². The first-order chi connectivity index (χ1) is 10.7. The molecule has 114 valence electrons. The van der Waals surface area contributed by atoms with Gasteiger partial charge in [-0.05, 0) is 43.2 Å². The van der Waals surface area contributed by atoms with E-state index >= 15 is 0 Å². The SMILES string of the molecule is O=C(NC1CCC(c2ccccc2)CC1)c1ccc(=O)[nH]c1. The molecular weight excluding hydrogens is 276 g/mol. The lowest BCUT2D eigenvalue weighted by Gasteiger charge is -2.29. The van der Waals surface area contributed by atoms with Crippen molar-refractivity contribution in [3.63, 3.8) is 0 Å². The number of H-pyrrole nitrogens is 1. The first kappa shape index (κ1) is 14.6. The van der Waals surface area contributed by atoms with Gasteiger partial charge >= 0.3 is 0 Å². The molecular formula is C18H20N2O2. The zero-order chi connectivity index (χ0) is 15.4. The summed E-state index contributed by atoms with van der Waals surface area (Å²) in [5.41, 5.74) is 1.71. The Morgan fingerprint density at radius 3 is 2.36 bits per heavy atom. The van der Waals surface area contributed by atoms with Gasteiger partial charge < -0.3 is 10.3 Å². The van der Waals surface area contributed by atoms with Crippen LogP contribution in [-0.4, -0.2) is 16.9 Å². The molecule has 1 fully saturated rings. The zero-order valence-corrected chi connectivity index (χ0v) is 12.4. The van der Waals surface area contributed by atoms with E-state index in [0.29, 0.717) is 11.5 Å². The minimum absolute atomic E-state index is 0.112. The quantitative estimate of drug-likeness (QED) is 0.915. The molecule has 22 heavy (non-hydrogen) atoms. The molecule has 1 aromatic carbocycles. The van der Waals surface area contributed by atoms with E-state index in [0.717, 1.165) is 25.7 Å². The van der Waals surface area contributed by atoms with Crippen LogP contribution >= 0.6 is 0 Å². The largest absolute Gasteiger partial charge is 0.349 e. The second-order valence-corrected chi connectivity index (χ2v) is 5.87. The van der Waals surface area contributed by atoms with Gasteiger partial charge in [0.25, 0.3) is 5.91 Å². The lowest BCUT2D eigenvalue weighted by molar-refractivity contribution is 0.0925. The fourth-order valence-corrected chi connectivity index (χ4v) is 3.12. The number of benzene rings is 1. The number of rotatable bonds is 3. The number of aromatic nitrogens is 1. The Hall–Kier alpha value is -2.36. The smallest absolute Gasteiger partial charge is 0.252 e. The van der Waals surface area contributed by atoms with Crippen LogP contribution in [0.1, 0.15) is 47.5 Å². The van der Waals surface area contributed by atoms with Gasteiger partial charge in [0.1, 0.15) is 0 Å². The monoisotopic (exact) mass is 296 g/mol. The summed E-state index contributed by atoms with van der Waals surface area (Å²) < 4.78 is 0. The molecule has 1 aliphatic carbocycles. The highest BCUT2D eigenvalue weighted by Crippen LogP contribution is 2.32. The molecule has 1 amide bonds. The van der Waals surface area contributed by atoms with Crippen molar-refractivity contribution in [3.8, 4) is 0 Å². The van der Waals surface area contributed by atoms with Crippen LogP contribution in [0.4, 0.5) is 0 Å². The molecule has 2 aromatic rings. The number of nitrogens with one attached hydrogen (secondary N) is 2. The molecule has 0 bridgehead atoms. The van der Waals surface area contributed by atoms with E-state index in [1.165, 1.54) is 17.8 Å². The highest BCUT2D eigenvalue weighted by atomic mass is 16.2. The van der Waals surface area contributed by atoms with Gasteiger partial charge in [-0.25, -0.2) is 0 Å². The Balaban J connectivity index is 1.54. The Morgan fingerprint density at radius 2 is 1.73 bits per heavy atom. The van der Waals surface area contributed by atoms with Crippen molar-refractivity contribution in [2.75, 3.05) is 0 Å². The van der Waals surface area contributed by atoms with Gasteiger partial charge in [0.15, 0.2) is 0 Å². The van der Waals surface area contributed by atoms with Gasteiger partial charge in [0, 0.05) is 18.3 Å². The summed E-state index contributed by atoms with van der Waals surface area (Å²) in [6.45, 7) is 0. The third-order valence-corrected chi connectivity index (χ3v) is 4.38. The van der Waals surface area contributed by atoms with Gasteiger partial charge in [-0.15, -0.1) is 0 Å². The maximum Gasteiger partial charge on any atom is 0.252 e. The standard InChI is InChI=1S/C18H20N2O2/c21-17-11-8-15(12-19-17)18(22)20-16-9-6-14(7-10-16)13-4-2-1-3-5-13/h1-5,8,11-12,14,16H,6-7,9-10H2,(H,19,21)(H,20,22). The predicted octanol–water partition coefficient (Wildman–Crippen LogP) is 2.83. The molecule has 0 aliphatic heterocycles. The van der Waals surface area contributed by atoms with Gasteiger partial charge in [-0.1, -0.05) is 30.3 Å². The lowest BCUT2D eigenvalue weighted by Crippen LogP contribution is -2.37. The van der Waals surface area contributed by atoms with Crippen molar-refractivity contribution >= 4 is 5.91 Å². The molecule has 4 nitrogen and oxygen atoms in total. The number of hydrogen-bond donors (Lipinski definition) is 2. The van der Waals surface area contributed by atoms with Gasteiger partial charge in [0.2, 0.25) is 5.56 Å². The highest BCUT2D eigenvalue weighted by molar-refractivity contribution is 5.93. The summed E-state index contributed by atoms with van der Waals surface area (Å²) in [6.07, 6.45) is 5.65. The van der Waals surface area contributed by atoms with Crippen molar-refractivity contribution in [3.05, 3.63) is 70.1 Å². The summed E-state index contributed by atoms with van der Waals surface area (Å²) in [4.78, 5) is 25.7. The molecule has 3 rings (SSSR count). The molecule has 0 atom stereocenters. The average molecular weight is 296 g/mol. The Morgan fingerprint density at radius 1 is 1.00 bits per heavy atom. The van der Waals surface area contributed by atoms with Crippen LogP contribution in [0.15, 0.2) is 53.5 Å². The molecule has 0 unspecified atom stereocenters. The second kappa shape index (κ2) is 6.60. The van der Waals surface area contributed by atoms with Crippen LogP contribution in [0.25, 0.3) is 0 Å². The zero-order valence-electron chi connectivity index (χ0n) is 12.4. The van der Waals surface area contributed by atoms with Gasteiger partial charge in [0.05, 0.1) is 5.56 Å². The van der Waals surface area contributed by atoms with Crippen molar-refractivity contribution in [2.24, 2.45) is 0 Å². The predicted molar refractivity (Wildman–Crippen MR) is 86.0 cm³/mol. The lowest BCUT2D eigenvalue weighted by atomic mass is 9.82. The first-order valence-corrected chi connectivity index (χ1v) is 7.77. The van der Waals surface area contributed by atoms with Crippen molar-refractivity contribution in [2.45, 2.75) is 37.6 Å². The summed E-state index contributed by atoms with van der Waals surface area (Å²) in [7, 11) is 0. The molecule has 0 saturated heterocycles. The minimum Gasteiger partial charge on any atom is -0.349 e. The van der Waals surface area contributed by atoms with E-state index in [1.54, 1.807) is 6.07 Å². The van der Waals surface area contributed by atoms with Crippen LogP contribution in [0.5, 0.6) is 0 Å². The molecule has 1 aliphatic rings. The maximum atomic E-state index is 12.1. The van der Waals surface area contributed by atoms with E-state index in [4.69, 9.17) is 0 Å². The van der Waals surface area contributed by atoms with E-state index in [-0.39, 0.29) is 17.5 Å². The molecule has 4 heteroatoms. The molecule has 0 spiro atoms. The fraction of sp³-hybridized carbons (Fsp3) is 0.333. The highest BCUT2D eigenvalue weighted by Gasteiger charge is 2.23. The molecule has 1 saturated carbocycles. The van der Waals surface area contributed by atoms with Gasteiger partial charge in [-0.2, -0.15) is 0 Å². The summed E-state index contributed by atoms with van der Waals surface area (Å²) in [5.74, 6) is 0.488. The van der Waals surface area contributed by atoms with E-state index < -0.39 is 0 Å². The number of amides is 1. The molecule has 2 N–H and O–H groups in total. The normalized spacial score (nSPS) is 21.3. The number of hydrogen-bond acceptors (Lipinski definition) is 2. The van der Waals surface area contributed by atoms with Crippen LogP contribution in [0.3, 0.4) is 0 Å². The van der Waals surface area contributed by atoms with E-state index in [2.05, 4.69) is 34.6 Å². The minimum atomic E-state index is -0.195. The van der Waals surface area contributed by atoms with Crippen LogP contribution in [0.2, 0.25) is 0 Å². The Kier molecular flexibility index (Phi) is 4.37. The van der Waals surface area contributed by atoms with E-state index in [1.807, 2.05) is 6.07 Å². The Bertz CT molecular complexity index is 665. The van der Waals surface area contributed by atoms with Crippen molar-refractivity contribution in [1.29, 1.82) is 0 Å². The fourth-order valence-electron chi connectivity index (χ4n) is 3.12. The maximum absolute atomic E-state index is 12.1. The van der Waals surface area contributed by atoms with Crippen molar-refractivity contribution < 1.29 is 4.79 Å². The van der Waals surface area contributed by atoms with Crippen molar-refractivity contribution in [1.82, 2.24) is 10.3 Å². The topological polar surface area (TPSA) is 62.0 Å². The van der Waals surface area contributed by atoms with Crippen LogP contribution in [-0.2, 0) is 0 Å². The summed E-state index contributed by atoms with van der Waals surface area (Å²) >= 11 is 0. The second-order valence-electron chi connectivity index (χ2n) is 5.87. The average Bonchev–Trinajstić information content (AvgIpc) is 2.57. The third kappa shape index (κ3) is 3.45. The van der Waals surface area contributed by atoms with Crippen LogP contribution < -0.4 is 10.9 Å². The van der Waals surface area contributed by atoms with E-state index in [9.17, 15) is 9.59 Å². The van der Waals surface area contributed by atoms with Gasteiger partial charge in [-0.3, -0.25) is 9.59 Å². The Labute approximate surface area is 129 Å². The number of pyridine rings is 1. The first-order valence-electron chi connectivity index (χ1n) is 7.77. The number of carbonyl (C=O) groups excluding carboxylic acids is 1. The molecule has 0 radical (unpaired) electrons. The molecule has 1 heterocycles. The number of carbonyl (C=O) groups is 1. The molecule has 1 aromatic heterocycles. The summed E-state index contributed by atoms with van der Waals surface area (Å²) in [5, 5.41) is 3.07.